The number of anilines is 1. The minimum Gasteiger partial charge on any atom is -0.316 e. The molecule has 0 spiro atoms. The highest BCUT2D eigenvalue weighted by Crippen LogP contribution is 2.42. The standard InChI is InChI=1S/C16H24N2O3S2/c1-10(2)9-17-23(20,21)14-12-5-3-4-6-13(12)22-16(14)18-15(19)11-7-8-11/h10-11,17H,3-9H2,1-2H3,(H,18,19). The zero-order valence-corrected chi connectivity index (χ0v) is 15.3. The first-order chi connectivity index (χ1) is 10.9. The Bertz CT molecular complexity index is 703. The van der Waals surface area contributed by atoms with Gasteiger partial charge in [-0.05, 0) is 50.0 Å². The van der Waals surface area contributed by atoms with Crippen molar-refractivity contribution < 1.29 is 13.2 Å². The van der Waals surface area contributed by atoms with Gasteiger partial charge in [0.05, 0.1) is 0 Å². The maximum atomic E-state index is 12.8. The van der Waals surface area contributed by atoms with Crippen molar-refractivity contribution in [3.63, 3.8) is 0 Å². The van der Waals surface area contributed by atoms with E-state index in [9.17, 15) is 13.2 Å². The van der Waals surface area contributed by atoms with Gasteiger partial charge in [-0.1, -0.05) is 13.8 Å². The fourth-order valence-electron chi connectivity index (χ4n) is 2.81. The molecule has 2 aliphatic carbocycles. The molecule has 1 aromatic rings. The molecule has 7 heteroatoms. The third-order valence-corrected chi connectivity index (χ3v) is 7.13. The van der Waals surface area contributed by atoms with Crippen LogP contribution in [0.25, 0.3) is 0 Å². The fraction of sp³-hybridized carbons (Fsp3) is 0.688. The van der Waals surface area contributed by atoms with Gasteiger partial charge in [0.2, 0.25) is 15.9 Å². The minimum atomic E-state index is -3.59. The number of thiophene rings is 1. The molecule has 2 N–H and O–H groups in total. The van der Waals surface area contributed by atoms with Gasteiger partial charge in [0.1, 0.15) is 9.90 Å². The van der Waals surface area contributed by atoms with Crippen LogP contribution in [0, 0.1) is 11.8 Å². The topological polar surface area (TPSA) is 75.3 Å². The summed E-state index contributed by atoms with van der Waals surface area (Å²) in [5.74, 6) is 0.265. The summed E-state index contributed by atoms with van der Waals surface area (Å²) in [6.45, 7) is 4.35. The lowest BCUT2D eigenvalue weighted by atomic mass is 9.99. The molecule has 1 saturated carbocycles. The van der Waals surface area contributed by atoms with Crippen molar-refractivity contribution in [1.82, 2.24) is 4.72 Å². The summed E-state index contributed by atoms with van der Waals surface area (Å²) in [7, 11) is -3.59. The Balaban J connectivity index is 1.94. The van der Waals surface area contributed by atoms with Gasteiger partial charge in [-0.2, -0.15) is 0 Å². The third-order valence-electron chi connectivity index (χ3n) is 4.26. The summed E-state index contributed by atoms with van der Waals surface area (Å²) in [5, 5.41) is 3.40. The van der Waals surface area contributed by atoms with E-state index in [-0.39, 0.29) is 17.7 Å². The molecule has 0 unspecified atom stereocenters. The summed E-state index contributed by atoms with van der Waals surface area (Å²) in [4.78, 5) is 13.6. The van der Waals surface area contributed by atoms with E-state index in [4.69, 9.17) is 0 Å². The van der Waals surface area contributed by atoms with Gasteiger partial charge in [0.25, 0.3) is 0 Å². The van der Waals surface area contributed by atoms with Crippen molar-refractivity contribution in [2.24, 2.45) is 11.8 Å². The molecule has 0 saturated heterocycles. The van der Waals surface area contributed by atoms with Gasteiger partial charge >= 0.3 is 0 Å². The van der Waals surface area contributed by atoms with Gasteiger partial charge in [-0.3, -0.25) is 4.79 Å². The molecule has 0 bridgehead atoms. The van der Waals surface area contributed by atoms with E-state index < -0.39 is 10.0 Å². The van der Waals surface area contributed by atoms with Crippen LogP contribution in [0.2, 0.25) is 0 Å². The number of rotatable bonds is 6. The first-order valence-corrected chi connectivity index (χ1v) is 10.6. The van der Waals surface area contributed by atoms with E-state index in [0.717, 1.165) is 49.0 Å². The third kappa shape index (κ3) is 3.78. The van der Waals surface area contributed by atoms with E-state index in [2.05, 4.69) is 10.0 Å². The lowest BCUT2D eigenvalue weighted by molar-refractivity contribution is -0.117. The van der Waals surface area contributed by atoms with Gasteiger partial charge in [0.15, 0.2) is 0 Å². The van der Waals surface area contributed by atoms with Crippen LogP contribution in [-0.4, -0.2) is 20.9 Å². The molecule has 23 heavy (non-hydrogen) atoms. The highest BCUT2D eigenvalue weighted by molar-refractivity contribution is 7.90. The number of carbonyl (C=O) groups excluding carboxylic acids is 1. The van der Waals surface area contributed by atoms with Crippen molar-refractivity contribution in [2.75, 3.05) is 11.9 Å². The second-order valence-electron chi connectivity index (χ2n) is 6.88. The quantitative estimate of drug-likeness (QED) is 0.823. The van der Waals surface area contributed by atoms with Crippen LogP contribution in [0.3, 0.4) is 0 Å². The summed E-state index contributed by atoms with van der Waals surface area (Å²) >= 11 is 1.45. The first kappa shape index (κ1) is 16.9. The van der Waals surface area contributed by atoms with Crippen molar-refractivity contribution in [2.45, 2.75) is 57.3 Å². The predicted octanol–water partition coefficient (Wildman–Crippen LogP) is 2.91. The molecular weight excluding hydrogens is 332 g/mol. The molecule has 5 nitrogen and oxygen atoms in total. The van der Waals surface area contributed by atoms with Crippen LogP contribution in [0.5, 0.6) is 0 Å². The van der Waals surface area contributed by atoms with Gasteiger partial charge in [-0.25, -0.2) is 13.1 Å². The van der Waals surface area contributed by atoms with Crippen LogP contribution < -0.4 is 10.0 Å². The van der Waals surface area contributed by atoms with Crippen molar-refractivity contribution in [1.29, 1.82) is 0 Å². The number of hydrogen-bond acceptors (Lipinski definition) is 4. The molecule has 128 valence electrons. The SMILES string of the molecule is CC(C)CNS(=O)(=O)c1c(NC(=O)C2CC2)sc2c1CCCC2. The van der Waals surface area contributed by atoms with E-state index in [1.54, 1.807) is 0 Å². The monoisotopic (exact) mass is 356 g/mol. The smallest absolute Gasteiger partial charge is 0.243 e. The Morgan fingerprint density at radius 3 is 2.61 bits per heavy atom. The summed E-state index contributed by atoms with van der Waals surface area (Å²) in [5.41, 5.74) is 0.920. The lowest BCUT2D eigenvalue weighted by Gasteiger charge is -2.15. The number of sulfonamides is 1. The van der Waals surface area contributed by atoms with E-state index in [1.165, 1.54) is 11.3 Å². The maximum absolute atomic E-state index is 12.8. The minimum absolute atomic E-state index is 0.0380. The van der Waals surface area contributed by atoms with Crippen molar-refractivity contribution in [3.05, 3.63) is 10.4 Å². The van der Waals surface area contributed by atoms with Crippen molar-refractivity contribution >= 4 is 32.3 Å². The van der Waals surface area contributed by atoms with E-state index in [1.807, 2.05) is 13.8 Å². The second-order valence-corrected chi connectivity index (χ2v) is 9.69. The molecule has 1 heterocycles. The molecule has 1 amide bonds. The molecule has 0 atom stereocenters. The van der Waals surface area contributed by atoms with Gasteiger partial charge in [-0.15, -0.1) is 11.3 Å². The molecule has 0 aromatic carbocycles. The molecular formula is C16H24N2O3S2. The molecule has 3 rings (SSSR count). The number of nitrogens with one attached hydrogen (secondary N) is 2. The van der Waals surface area contributed by atoms with Crippen LogP contribution in [0.4, 0.5) is 5.00 Å². The Labute approximate surface area is 141 Å². The zero-order valence-electron chi connectivity index (χ0n) is 13.6. The van der Waals surface area contributed by atoms with Crippen LogP contribution in [0.1, 0.15) is 50.0 Å². The van der Waals surface area contributed by atoms with Crippen LogP contribution >= 0.6 is 11.3 Å². The van der Waals surface area contributed by atoms with Crippen LogP contribution in [0.15, 0.2) is 4.90 Å². The van der Waals surface area contributed by atoms with E-state index in [0.29, 0.717) is 16.4 Å². The number of hydrogen-bond donors (Lipinski definition) is 2. The number of aryl methyl sites for hydroxylation is 1. The summed E-state index contributed by atoms with van der Waals surface area (Å²) < 4.78 is 28.3. The Morgan fingerprint density at radius 1 is 1.26 bits per heavy atom. The zero-order chi connectivity index (χ0) is 16.6. The van der Waals surface area contributed by atoms with E-state index >= 15 is 0 Å². The first-order valence-electron chi connectivity index (χ1n) is 8.33. The summed E-state index contributed by atoms with van der Waals surface area (Å²) in [6.07, 6.45) is 5.60. The normalized spacial score (nSPS) is 18.0. The molecule has 1 aromatic heterocycles. The lowest BCUT2D eigenvalue weighted by Crippen LogP contribution is -2.29. The molecule has 2 aliphatic rings. The maximum Gasteiger partial charge on any atom is 0.243 e. The second kappa shape index (κ2) is 6.53. The average Bonchev–Trinajstić information content (AvgIpc) is 3.26. The predicted molar refractivity (Wildman–Crippen MR) is 92.3 cm³/mol. The molecule has 0 radical (unpaired) electrons. The van der Waals surface area contributed by atoms with Crippen molar-refractivity contribution in [3.8, 4) is 0 Å². The summed E-state index contributed by atoms with van der Waals surface area (Å²) in [6, 6.07) is 0. The number of carbonyl (C=O) groups is 1. The van der Waals surface area contributed by atoms with Crippen LogP contribution in [-0.2, 0) is 27.7 Å². The van der Waals surface area contributed by atoms with Gasteiger partial charge < -0.3 is 5.32 Å². The van der Waals surface area contributed by atoms with Gasteiger partial charge in [0, 0.05) is 17.3 Å². The number of amides is 1. The largest absolute Gasteiger partial charge is 0.316 e. The molecule has 0 aliphatic heterocycles. The Kier molecular flexibility index (Phi) is 4.80. The molecule has 1 fully saturated rings. The fourth-order valence-corrected chi connectivity index (χ4v) is 6.06. The highest BCUT2D eigenvalue weighted by atomic mass is 32.2. The average molecular weight is 357 g/mol. The number of fused-ring (bicyclic) bond motifs is 1. The Hall–Kier alpha value is -0.920. The Morgan fingerprint density at radius 2 is 1.96 bits per heavy atom. The highest BCUT2D eigenvalue weighted by Gasteiger charge is 2.34.